The van der Waals surface area contributed by atoms with E-state index in [0.717, 1.165) is 42.4 Å². The van der Waals surface area contributed by atoms with Gasteiger partial charge in [0.05, 0.1) is 11.9 Å². The van der Waals surface area contributed by atoms with Crippen molar-refractivity contribution in [1.29, 1.82) is 0 Å². The molecule has 34 heavy (non-hydrogen) atoms. The third-order valence-corrected chi connectivity index (χ3v) is 8.22. The summed E-state index contributed by atoms with van der Waals surface area (Å²) in [5.74, 6) is 1.84. The number of nitrogens with zero attached hydrogens (tertiary/aromatic N) is 2. The highest BCUT2D eigenvalue weighted by atomic mass is 32.2. The monoisotopic (exact) mass is 476 g/mol. The molecule has 1 aromatic carbocycles. The summed E-state index contributed by atoms with van der Waals surface area (Å²) in [6, 6.07) is 8.65. The molecule has 2 nitrogen and oxygen atoms in total. The van der Waals surface area contributed by atoms with E-state index in [2.05, 4.69) is 54.3 Å². The molecule has 2 aromatic rings. The van der Waals surface area contributed by atoms with Crippen LogP contribution in [0.3, 0.4) is 0 Å². The Balaban J connectivity index is 1.47. The summed E-state index contributed by atoms with van der Waals surface area (Å²) in [6.45, 7) is 6.85. The zero-order valence-electron chi connectivity index (χ0n) is 20.9. The van der Waals surface area contributed by atoms with E-state index >= 15 is 0 Å². The van der Waals surface area contributed by atoms with Crippen molar-refractivity contribution in [2.24, 2.45) is 5.92 Å². The van der Waals surface area contributed by atoms with Crippen molar-refractivity contribution in [3.05, 3.63) is 70.3 Å². The van der Waals surface area contributed by atoms with E-state index in [-0.39, 0.29) is 5.82 Å². The number of rotatable bonds is 7. The maximum absolute atomic E-state index is 14.8. The van der Waals surface area contributed by atoms with Gasteiger partial charge in [0.2, 0.25) is 0 Å². The Morgan fingerprint density at radius 2 is 2.00 bits per heavy atom. The largest absolute Gasteiger partial charge is 0.371 e. The highest BCUT2D eigenvalue weighted by Crippen LogP contribution is 2.46. The summed E-state index contributed by atoms with van der Waals surface area (Å²) in [7, 11) is 0. The molecule has 1 fully saturated rings. The first-order valence-electron chi connectivity index (χ1n) is 12.9. The molecule has 180 valence electrons. The molecule has 1 saturated heterocycles. The lowest BCUT2D eigenvalue weighted by Crippen LogP contribution is -2.21. The van der Waals surface area contributed by atoms with Crippen molar-refractivity contribution in [1.82, 2.24) is 4.98 Å². The van der Waals surface area contributed by atoms with Gasteiger partial charge in [-0.25, -0.2) is 4.39 Å². The van der Waals surface area contributed by atoms with Crippen LogP contribution in [0, 0.1) is 11.7 Å². The molecule has 1 aliphatic heterocycles. The predicted octanol–water partition coefficient (Wildman–Crippen LogP) is 8.29. The maximum Gasteiger partial charge on any atom is 0.149 e. The van der Waals surface area contributed by atoms with Crippen LogP contribution in [0.15, 0.2) is 53.3 Å². The zero-order chi connectivity index (χ0) is 23.7. The summed E-state index contributed by atoms with van der Waals surface area (Å²) < 4.78 is 14.8. The van der Waals surface area contributed by atoms with Gasteiger partial charge in [-0.05, 0) is 91.9 Å². The van der Waals surface area contributed by atoms with E-state index in [1.54, 1.807) is 28.5 Å². The minimum atomic E-state index is -0.230. The molecular weight excluding hydrogens is 439 g/mol. The standard InChI is InChI=1S/C30H37FN2S/c1-20(2)12-21-13-22-6-7-23(15-25(22)14-21)27-9-8-24(16-30(27)33-10-4-5-11-33)28-17-26(19-34-3)32-18-29(28)31/h8-9,14,16-18,20,23H,4-7,10-13,15,19H2,1-3H3. The van der Waals surface area contributed by atoms with Gasteiger partial charge in [0, 0.05) is 30.1 Å². The second-order valence-electron chi connectivity index (χ2n) is 10.7. The first-order chi connectivity index (χ1) is 16.5. The lowest BCUT2D eigenvalue weighted by Gasteiger charge is -2.30. The summed E-state index contributed by atoms with van der Waals surface area (Å²) in [6.07, 6.45) is 14.5. The highest BCUT2D eigenvalue weighted by molar-refractivity contribution is 7.97. The molecule has 5 rings (SSSR count). The normalized spacial score (nSPS) is 20.3. The molecule has 4 heteroatoms. The van der Waals surface area contributed by atoms with Gasteiger partial charge < -0.3 is 4.90 Å². The number of benzene rings is 1. The second-order valence-corrected chi connectivity index (χ2v) is 11.6. The van der Waals surface area contributed by atoms with Gasteiger partial charge in [-0.3, -0.25) is 4.98 Å². The van der Waals surface area contributed by atoms with Gasteiger partial charge >= 0.3 is 0 Å². The Morgan fingerprint density at radius 1 is 1.18 bits per heavy atom. The van der Waals surface area contributed by atoms with Gasteiger partial charge in [-0.1, -0.05) is 43.2 Å². The number of hydrogen-bond donors (Lipinski definition) is 0. The third-order valence-electron chi connectivity index (χ3n) is 7.64. The second kappa shape index (κ2) is 10.3. The Hall–Kier alpha value is -2.07. The minimum Gasteiger partial charge on any atom is -0.371 e. The van der Waals surface area contributed by atoms with Crippen molar-refractivity contribution < 1.29 is 4.39 Å². The molecule has 2 heterocycles. The minimum absolute atomic E-state index is 0.230. The van der Waals surface area contributed by atoms with Crippen LogP contribution < -0.4 is 4.90 Å². The van der Waals surface area contributed by atoms with E-state index in [1.807, 2.05) is 6.07 Å². The molecule has 1 aromatic heterocycles. The van der Waals surface area contributed by atoms with E-state index in [9.17, 15) is 4.39 Å². The van der Waals surface area contributed by atoms with Gasteiger partial charge in [0.1, 0.15) is 5.82 Å². The van der Waals surface area contributed by atoms with Crippen LogP contribution in [0.4, 0.5) is 10.1 Å². The number of allylic oxidation sites excluding steroid dienone is 4. The van der Waals surface area contributed by atoms with Gasteiger partial charge in [-0.2, -0.15) is 11.8 Å². The molecule has 0 N–H and O–H groups in total. The first-order valence-corrected chi connectivity index (χ1v) is 14.3. The van der Waals surface area contributed by atoms with Crippen LogP contribution in [-0.4, -0.2) is 24.3 Å². The van der Waals surface area contributed by atoms with Gasteiger partial charge in [0.25, 0.3) is 0 Å². The topological polar surface area (TPSA) is 16.1 Å². The smallest absolute Gasteiger partial charge is 0.149 e. The third kappa shape index (κ3) is 4.98. The highest BCUT2D eigenvalue weighted by Gasteiger charge is 2.29. The van der Waals surface area contributed by atoms with Crippen LogP contribution >= 0.6 is 11.8 Å². The SMILES string of the molecule is CSCc1cc(-c2ccc(C3CCC4=C(C=C(CC(C)C)C4)C3)c(N3CCCC3)c2)c(F)cn1. The molecule has 0 spiro atoms. The van der Waals surface area contributed by atoms with Crippen LogP contribution in [0.2, 0.25) is 0 Å². The van der Waals surface area contributed by atoms with Crippen LogP contribution in [-0.2, 0) is 5.75 Å². The fourth-order valence-electron chi connectivity index (χ4n) is 6.09. The van der Waals surface area contributed by atoms with Crippen LogP contribution in [0.1, 0.15) is 76.0 Å². The number of hydrogen-bond acceptors (Lipinski definition) is 3. The summed E-state index contributed by atoms with van der Waals surface area (Å²) in [4.78, 5) is 6.82. The molecule has 0 amide bonds. The fraction of sp³-hybridized carbons (Fsp3) is 0.500. The lowest BCUT2D eigenvalue weighted by atomic mass is 9.80. The average Bonchev–Trinajstić information content (AvgIpc) is 3.49. The van der Waals surface area contributed by atoms with Crippen molar-refractivity contribution in [3.63, 3.8) is 0 Å². The number of thioether (sulfide) groups is 1. The predicted molar refractivity (Wildman–Crippen MR) is 144 cm³/mol. The molecule has 1 atom stereocenters. The van der Waals surface area contributed by atoms with E-state index < -0.39 is 0 Å². The summed E-state index contributed by atoms with van der Waals surface area (Å²) >= 11 is 1.72. The Bertz CT molecular complexity index is 1110. The first kappa shape index (κ1) is 23.7. The zero-order valence-corrected chi connectivity index (χ0v) is 21.7. The number of pyridine rings is 1. The van der Waals surface area contributed by atoms with Gasteiger partial charge in [-0.15, -0.1) is 0 Å². The number of anilines is 1. The molecule has 2 aliphatic carbocycles. The summed E-state index contributed by atoms with van der Waals surface area (Å²) in [5, 5.41) is 0. The molecule has 3 aliphatic rings. The van der Waals surface area contributed by atoms with E-state index in [4.69, 9.17) is 0 Å². The molecule has 0 radical (unpaired) electrons. The summed E-state index contributed by atoms with van der Waals surface area (Å²) in [5.41, 5.74) is 10.3. The van der Waals surface area contributed by atoms with Crippen LogP contribution in [0.25, 0.3) is 11.1 Å². The van der Waals surface area contributed by atoms with Crippen molar-refractivity contribution in [3.8, 4) is 11.1 Å². The van der Waals surface area contributed by atoms with Gasteiger partial charge in [0.15, 0.2) is 0 Å². The Kier molecular flexibility index (Phi) is 7.15. The molecular formula is C30H37FN2S. The molecule has 0 bridgehead atoms. The fourth-order valence-corrected chi connectivity index (χ4v) is 6.55. The Morgan fingerprint density at radius 3 is 2.76 bits per heavy atom. The molecule has 1 unspecified atom stereocenters. The quantitative estimate of drug-likeness (QED) is 0.400. The van der Waals surface area contributed by atoms with Crippen molar-refractivity contribution >= 4 is 17.4 Å². The van der Waals surface area contributed by atoms with E-state index in [1.165, 1.54) is 56.0 Å². The maximum atomic E-state index is 14.8. The lowest BCUT2D eigenvalue weighted by molar-refractivity contribution is 0.580. The Labute approximate surface area is 208 Å². The number of aromatic nitrogens is 1. The average molecular weight is 477 g/mol. The number of halogens is 1. The van der Waals surface area contributed by atoms with Crippen molar-refractivity contribution in [2.75, 3.05) is 24.2 Å². The van der Waals surface area contributed by atoms with Crippen LogP contribution in [0.5, 0.6) is 0 Å². The van der Waals surface area contributed by atoms with E-state index in [0.29, 0.717) is 11.5 Å². The van der Waals surface area contributed by atoms with Crippen molar-refractivity contribution in [2.45, 2.75) is 70.5 Å². The molecule has 0 saturated carbocycles.